The number of pyridine rings is 1. The van der Waals surface area contributed by atoms with E-state index in [1.165, 1.54) is 11.1 Å². The van der Waals surface area contributed by atoms with Gasteiger partial charge in [0.2, 0.25) is 0 Å². The Kier molecular flexibility index (Phi) is 2.48. The third kappa shape index (κ3) is 1.83. The number of nitrogens with one attached hydrogen (secondary N) is 1. The van der Waals surface area contributed by atoms with Gasteiger partial charge >= 0.3 is 0 Å². The number of hydrogen-bond acceptors (Lipinski definition) is 2. The van der Waals surface area contributed by atoms with Gasteiger partial charge in [-0.15, -0.1) is 0 Å². The summed E-state index contributed by atoms with van der Waals surface area (Å²) < 4.78 is 0. The minimum absolute atomic E-state index is 0.0129. The molecule has 0 aromatic carbocycles. The summed E-state index contributed by atoms with van der Waals surface area (Å²) in [6.07, 6.45) is 3.78. The first-order valence-electron chi connectivity index (χ1n) is 4.17. The van der Waals surface area contributed by atoms with Gasteiger partial charge < -0.3 is 5.32 Å². The van der Waals surface area contributed by atoms with E-state index >= 15 is 0 Å². The summed E-state index contributed by atoms with van der Waals surface area (Å²) in [5, 5.41) is 3.24. The molecule has 2 heteroatoms. The highest BCUT2D eigenvalue weighted by atomic mass is 14.9. The minimum atomic E-state index is 0.0129. The molecule has 0 unspecified atom stereocenters. The summed E-state index contributed by atoms with van der Waals surface area (Å²) in [5.41, 5.74) is 2.44. The first-order chi connectivity index (χ1) is 5.56. The molecule has 1 aromatic rings. The summed E-state index contributed by atoms with van der Waals surface area (Å²) in [4.78, 5) is 4.16. The Morgan fingerprint density at radius 2 is 2.00 bits per heavy atom. The predicted octanol–water partition coefficient (Wildman–Crippen LogP) is 1.84. The number of aryl methyl sites for hydroxylation is 1. The molecule has 0 atom stereocenters. The normalized spacial score (nSPS) is 11.7. The fourth-order valence-corrected chi connectivity index (χ4v) is 1.04. The van der Waals surface area contributed by atoms with E-state index in [9.17, 15) is 0 Å². The number of aromatic nitrogens is 1. The lowest BCUT2D eigenvalue weighted by Crippen LogP contribution is -2.33. The molecule has 0 fully saturated rings. The van der Waals surface area contributed by atoms with E-state index in [0.717, 1.165) is 0 Å². The molecular formula is C10H16N2. The summed E-state index contributed by atoms with van der Waals surface area (Å²) in [6.45, 7) is 6.34. The van der Waals surface area contributed by atoms with Crippen molar-refractivity contribution in [3.63, 3.8) is 0 Å². The van der Waals surface area contributed by atoms with Gasteiger partial charge in [-0.2, -0.15) is 0 Å². The lowest BCUT2D eigenvalue weighted by Gasteiger charge is -2.24. The summed E-state index contributed by atoms with van der Waals surface area (Å²) in [6, 6.07) is 2.16. The zero-order valence-corrected chi connectivity index (χ0v) is 8.18. The van der Waals surface area contributed by atoms with Crippen LogP contribution in [0.3, 0.4) is 0 Å². The third-order valence-electron chi connectivity index (χ3n) is 2.22. The zero-order valence-electron chi connectivity index (χ0n) is 8.18. The molecule has 66 valence electrons. The van der Waals surface area contributed by atoms with Crippen molar-refractivity contribution in [3.8, 4) is 0 Å². The molecule has 12 heavy (non-hydrogen) atoms. The highest BCUT2D eigenvalue weighted by molar-refractivity contribution is 5.23. The van der Waals surface area contributed by atoms with Crippen molar-refractivity contribution in [2.24, 2.45) is 0 Å². The van der Waals surface area contributed by atoms with Gasteiger partial charge in [0.1, 0.15) is 0 Å². The molecule has 0 amide bonds. The third-order valence-corrected chi connectivity index (χ3v) is 2.22. The maximum Gasteiger partial charge on any atom is 0.0390 e. The van der Waals surface area contributed by atoms with E-state index in [1.54, 1.807) is 0 Å². The molecule has 1 rings (SSSR count). The maximum atomic E-state index is 4.16. The van der Waals surface area contributed by atoms with Crippen molar-refractivity contribution in [3.05, 3.63) is 29.6 Å². The maximum absolute atomic E-state index is 4.16. The predicted molar refractivity (Wildman–Crippen MR) is 51.1 cm³/mol. The summed E-state index contributed by atoms with van der Waals surface area (Å²) in [5.74, 6) is 0. The quantitative estimate of drug-likeness (QED) is 0.721. The van der Waals surface area contributed by atoms with Crippen LogP contribution in [0.1, 0.15) is 25.0 Å². The molecule has 0 aliphatic heterocycles. The SMILES string of the molecule is CNC(C)(C)c1cncc(C)c1. The molecule has 0 aliphatic carbocycles. The molecular weight excluding hydrogens is 148 g/mol. The van der Waals surface area contributed by atoms with Crippen molar-refractivity contribution in [1.82, 2.24) is 10.3 Å². The molecule has 1 aromatic heterocycles. The molecule has 0 spiro atoms. The van der Waals surface area contributed by atoms with Crippen LogP contribution in [0.4, 0.5) is 0 Å². The molecule has 0 aliphatic rings. The smallest absolute Gasteiger partial charge is 0.0390 e. The Bertz CT molecular complexity index is 266. The van der Waals surface area contributed by atoms with Crippen LogP contribution < -0.4 is 5.32 Å². The van der Waals surface area contributed by atoms with Crippen molar-refractivity contribution < 1.29 is 0 Å². The van der Waals surface area contributed by atoms with Gasteiger partial charge in [-0.05, 0) is 38.9 Å². The second-order valence-corrected chi connectivity index (χ2v) is 3.63. The van der Waals surface area contributed by atoms with Gasteiger partial charge in [-0.1, -0.05) is 6.07 Å². The van der Waals surface area contributed by atoms with Crippen molar-refractivity contribution >= 4 is 0 Å². The molecule has 0 radical (unpaired) electrons. The Balaban J connectivity index is 3.03. The van der Waals surface area contributed by atoms with Crippen molar-refractivity contribution in [1.29, 1.82) is 0 Å². The van der Waals surface area contributed by atoms with Crippen LogP contribution in [0.5, 0.6) is 0 Å². The van der Waals surface area contributed by atoms with Gasteiger partial charge in [-0.25, -0.2) is 0 Å². The molecule has 0 saturated heterocycles. The van der Waals surface area contributed by atoms with Gasteiger partial charge in [0.15, 0.2) is 0 Å². The Morgan fingerprint density at radius 1 is 1.33 bits per heavy atom. The first kappa shape index (κ1) is 9.20. The van der Waals surface area contributed by atoms with Crippen LogP contribution in [0.15, 0.2) is 18.5 Å². The topological polar surface area (TPSA) is 24.9 Å². The molecule has 0 bridgehead atoms. The van der Waals surface area contributed by atoms with Gasteiger partial charge in [0, 0.05) is 17.9 Å². The van der Waals surface area contributed by atoms with E-state index in [4.69, 9.17) is 0 Å². The summed E-state index contributed by atoms with van der Waals surface area (Å²) >= 11 is 0. The van der Waals surface area contributed by atoms with Crippen molar-refractivity contribution in [2.75, 3.05) is 7.05 Å². The number of nitrogens with zero attached hydrogens (tertiary/aromatic N) is 1. The van der Waals surface area contributed by atoms with Crippen LogP contribution in [0.2, 0.25) is 0 Å². The second kappa shape index (κ2) is 3.23. The van der Waals surface area contributed by atoms with E-state index in [2.05, 4.69) is 37.1 Å². The Hall–Kier alpha value is -0.890. The second-order valence-electron chi connectivity index (χ2n) is 3.63. The van der Waals surface area contributed by atoms with Crippen LogP contribution in [0.25, 0.3) is 0 Å². The van der Waals surface area contributed by atoms with Gasteiger partial charge in [0.05, 0.1) is 0 Å². The minimum Gasteiger partial charge on any atom is -0.311 e. The highest BCUT2D eigenvalue weighted by Gasteiger charge is 2.17. The standard InChI is InChI=1S/C10H16N2/c1-8-5-9(7-12-6-8)10(2,3)11-4/h5-7,11H,1-4H3. The lowest BCUT2D eigenvalue weighted by atomic mass is 9.95. The average molecular weight is 164 g/mol. The fourth-order valence-electron chi connectivity index (χ4n) is 1.04. The highest BCUT2D eigenvalue weighted by Crippen LogP contribution is 2.18. The van der Waals surface area contributed by atoms with Crippen molar-refractivity contribution in [2.45, 2.75) is 26.3 Å². The van der Waals surface area contributed by atoms with E-state index < -0.39 is 0 Å². The van der Waals surface area contributed by atoms with Gasteiger partial charge in [0.25, 0.3) is 0 Å². The largest absolute Gasteiger partial charge is 0.311 e. The molecule has 0 saturated carbocycles. The van der Waals surface area contributed by atoms with E-state index in [-0.39, 0.29) is 5.54 Å². The van der Waals surface area contributed by atoms with E-state index in [0.29, 0.717) is 0 Å². The lowest BCUT2D eigenvalue weighted by molar-refractivity contribution is 0.443. The van der Waals surface area contributed by atoms with Crippen LogP contribution in [-0.2, 0) is 5.54 Å². The fraction of sp³-hybridized carbons (Fsp3) is 0.500. The Morgan fingerprint density at radius 3 is 2.50 bits per heavy atom. The average Bonchev–Trinajstić information content (AvgIpc) is 2.05. The van der Waals surface area contributed by atoms with Crippen LogP contribution in [-0.4, -0.2) is 12.0 Å². The van der Waals surface area contributed by atoms with Crippen LogP contribution >= 0.6 is 0 Å². The summed E-state index contributed by atoms with van der Waals surface area (Å²) in [7, 11) is 1.96. The monoisotopic (exact) mass is 164 g/mol. The van der Waals surface area contributed by atoms with E-state index in [1.807, 2.05) is 19.4 Å². The molecule has 2 nitrogen and oxygen atoms in total. The Labute approximate surface area is 74.0 Å². The first-order valence-corrected chi connectivity index (χ1v) is 4.17. The van der Waals surface area contributed by atoms with Gasteiger partial charge in [-0.3, -0.25) is 4.98 Å². The van der Waals surface area contributed by atoms with Crippen LogP contribution in [0, 0.1) is 6.92 Å². The molecule has 1 heterocycles. The zero-order chi connectivity index (χ0) is 9.19. The molecule has 1 N–H and O–H groups in total. The number of rotatable bonds is 2. The number of hydrogen-bond donors (Lipinski definition) is 1.